The summed E-state index contributed by atoms with van der Waals surface area (Å²) in [5, 5.41) is 10.9. The normalized spacial score (nSPS) is 18.9. The van der Waals surface area contributed by atoms with E-state index in [9.17, 15) is 14.7 Å². The Labute approximate surface area is 184 Å². The fourth-order valence-corrected chi connectivity index (χ4v) is 3.45. The summed E-state index contributed by atoms with van der Waals surface area (Å²) in [5.74, 6) is -1.33. The minimum Gasteiger partial charge on any atom is -0.507 e. The van der Waals surface area contributed by atoms with Crippen LogP contribution in [0, 0.1) is 0 Å². The predicted octanol–water partition coefficient (Wildman–Crippen LogP) is 4.17. The largest absolute Gasteiger partial charge is 0.507 e. The van der Waals surface area contributed by atoms with E-state index in [2.05, 4.69) is 51.3 Å². The summed E-state index contributed by atoms with van der Waals surface area (Å²) in [6.07, 6.45) is 1.53. The van der Waals surface area contributed by atoms with Gasteiger partial charge in [-0.1, -0.05) is 60.6 Å². The Morgan fingerprint density at radius 2 is 1.61 bits per heavy atom. The van der Waals surface area contributed by atoms with Crippen molar-refractivity contribution in [3.05, 3.63) is 28.8 Å². The number of methoxy groups -OCH3 is 1. The molecule has 1 N–H and O–H groups in total. The van der Waals surface area contributed by atoms with Crippen molar-refractivity contribution in [2.45, 2.75) is 84.3 Å². The lowest BCUT2D eigenvalue weighted by atomic mass is 9.78. The average Bonchev–Trinajstić information content (AvgIpc) is 3.08. The summed E-state index contributed by atoms with van der Waals surface area (Å²) in [6, 6.07) is 4.06. The molecule has 31 heavy (non-hydrogen) atoms. The number of hydrogen-bond acceptors (Lipinski definition) is 7. The fraction of sp³-hybridized carbons (Fsp3) is 0.625. The molecule has 7 nitrogen and oxygen atoms in total. The number of benzene rings is 1. The van der Waals surface area contributed by atoms with Gasteiger partial charge in [-0.15, -0.1) is 0 Å². The first-order chi connectivity index (χ1) is 14.2. The molecule has 0 radical (unpaired) electrons. The summed E-state index contributed by atoms with van der Waals surface area (Å²) >= 11 is 0. The fourth-order valence-electron chi connectivity index (χ4n) is 3.45. The van der Waals surface area contributed by atoms with Crippen molar-refractivity contribution in [1.82, 2.24) is 0 Å². The number of rotatable bonds is 5. The zero-order valence-electron chi connectivity index (χ0n) is 19.9. The van der Waals surface area contributed by atoms with Crippen LogP contribution < -0.4 is 0 Å². The molecule has 1 unspecified atom stereocenters. The Balaban J connectivity index is 2.25. The van der Waals surface area contributed by atoms with Gasteiger partial charge in [-0.25, -0.2) is 14.6 Å². The van der Waals surface area contributed by atoms with Gasteiger partial charge in [-0.05, 0) is 33.9 Å². The third-order valence-electron chi connectivity index (χ3n) is 5.39. The summed E-state index contributed by atoms with van der Waals surface area (Å²) in [6.45, 7) is 14.3. The quantitative estimate of drug-likeness (QED) is 0.553. The summed E-state index contributed by atoms with van der Waals surface area (Å²) in [4.78, 5) is 27.7. The maximum Gasteiger partial charge on any atom is 0.419 e. The molecule has 172 valence electrons. The number of hydrogen-bond donors (Lipinski definition) is 1. The number of ether oxygens (including phenoxy) is 3. The molecule has 0 fully saturated rings. The molecule has 7 heteroatoms. The molecule has 2 rings (SSSR count). The molecule has 0 aliphatic carbocycles. The van der Waals surface area contributed by atoms with Crippen molar-refractivity contribution >= 4 is 17.8 Å². The molecule has 0 bridgehead atoms. The van der Waals surface area contributed by atoms with Crippen LogP contribution in [0.2, 0.25) is 0 Å². The molecule has 1 atom stereocenters. The van der Waals surface area contributed by atoms with Gasteiger partial charge < -0.3 is 19.3 Å². The molecule has 0 saturated carbocycles. The first kappa shape index (κ1) is 24.7. The highest BCUT2D eigenvalue weighted by atomic mass is 16.6. The van der Waals surface area contributed by atoms with Crippen LogP contribution in [0.15, 0.2) is 17.1 Å². The van der Waals surface area contributed by atoms with Gasteiger partial charge in [-0.3, -0.25) is 0 Å². The zero-order chi connectivity index (χ0) is 23.6. The number of phenols is 1. The van der Waals surface area contributed by atoms with Crippen molar-refractivity contribution < 1.29 is 28.9 Å². The smallest absolute Gasteiger partial charge is 0.419 e. The van der Waals surface area contributed by atoms with Gasteiger partial charge in [0.05, 0.1) is 7.11 Å². The SMILES string of the molecule is CCC1(OC(=O)C(=O)OC)COC(CCc2cc(C(C)(C)C)c(O)c(C(C)(C)C)c2)=N1. The highest BCUT2D eigenvalue weighted by Crippen LogP contribution is 2.40. The second-order valence-corrected chi connectivity index (χ2v) is 10.0. The first-order valence-corrected chi connectivity index (χ1v) is 10.6. The van der Waals surface area contributed by atoms with Gasteiger partial charge in [-0.2, -0.15) is 0 Å². The molecular formula is C24H35NO6. The van der Waals surface area contributed by atoms with E-state index in [-0.39, 0.29) is 17.4 Å². The van der Waals surface area contributed by atoms with Crippen LogP contribution in [0.3, 0.4) is 0 Å². The third kappa shape index (κ3) is 5.77. The minimum absolute atomic E-state index is 0.0671. The standard InChI is InChI=1S/C24H35NO6/c1-9-24(31-21(28)20(27)29-8)14-30-18(25-24)11-10-15-12-16(22(2,3)4)19(26)17(13-15)23(5,6)7/h12-13,26H,9-11,14H2,1-8H3. The number of aromatic hydroxyl groups is 1. The van der Waals surface area contributed by atoms with E-state index in [0.29, 0.717) is 30.9 Å². The topological polar surface area (TPSA) is 94.4 Å². The van der Waals surface area contributed by atoms with Gasteiger partial charge in [0, 0.05) is 12.8 Å². The van der Waals surface area contributed by atoms with E-state index in [1.165, 1.54) is 0 Å². The summed E-state index contributed by atoms with van der Waals surface area (Å²) < 4.78 is 15.4. The second kappa shape index (κ2) is 8.89. The van der Waals surface area contributed by atoms with E-state index in [1.807, 2.05) is 19.1 Å². The number of phenolic OH excluding ortho intramolecular Hbond substituents is 1. The Morgan fingerprint density at radius 3 is 2.06 bits per heavy atom. The van der Waals surface area contributed by atoms with Crippen molar-refractivity contribution in [2.75, 3.05) is 13.7 Å². The van der Waals surface area contributed by atoms with E-state index in [4.69, 9.17) is 9.47 Å². The lowest BCUT2D eigenvalue weighted by Gasteiger charge is -2.28. The summed E-state index contributed by atoms with van der Waals surface area (Å²) in [5.41, 5.74) is 1.25. The highest BCUT2D eigenvalue weighted by molar-refractivity contribution is 6.29. The van der Waals surface area contributed by atoms with Crippen LogP contribution in [0.1, 0.15) is 78.0 Å². The Bertz CT molecular complexity index is 840. The van der Waals surface area contributed by atoms with Crippen LogP contribution in [0.5, 0.6) is 5.75 Å². The first-order valence-electron chi connectivity index (χ1n) is 10.6. The van der Waals surface area contributed by atoms with Crippen LogP contribution in [0.4, 0.5) is 0 Å². The second-order valence-electron chi connectivity index (χ2n) is 10.0. The monoisotopic (exact) mass is 433 g/mol. The van der Waals surface area contributed by atoms with E-state index >= 15 is 0 Å². The molecule has 1 aliphatic rings. The van der Waals surface area contributed by atoms with Crippen LogP contribution in [-0.2, 0) is 41.1 Å². The van der Waals surface area contributed by atoms with Gasteiger partial charge in [0.15, 0.2) is 12.5 Å². The Hall–Kier alpha value is -2.57. The summed E-state index contributed by atoms with van der Waals surface area (Å²) in [7, 11) is 1.12. The Kier molecular flexibility index (Phi) is 7.08. The molecule has 1 aromatic carbocycles. The lowest BCUT2D eigenvalue weighted by Crippen LogP contribution is -2.37. The number of esters is 2. The molecule has 0 aromatic heterocycles. The zero-order valence-corrected chi connectivity index (χ0v) is 19.9. The number of carbonyl (C=O) groups is 2. The van der Waals surface area contributed by atoms with E-state index in [1.54, 1.807) is 0 Å². The van der Waals surface area contributed by atoms with Crippen molar-refractivity contribution in [3.8, 4) is 5.75 Å². The molecule has 1 heterocycles. The molecular weight excluding hydrogens is 398 g/mol. The number of nitrogens with zero attached hydrogens (tertiary/aromatic N) is 1. The molecule has 1 aliphatic heterocycles. The highest BCUT2D eigenvalue weighted by Gasteiger charge is 2.40. The average molecular weight is 434 g/mol. The van der Waals surface area contributed by atoms with Crippen LogP contribution in [-0.4, -0.2) is 42.4 Å². The van der Waals surface area contributed by atoms with Crippen molar-refractivity contribution in [3.63, 3.8) is 0 Å². The van der Waals surface area contributed by atoms with Crippen LogP contribution in [0.25, 0.3) is 0 Å². The molecule has 0 amide bonds. The number of aryl methyl sites for hydroxylation is 1. The maximum absolute atomic E-state index is 11.8. The third-order valence-corrected chi connectivity index (χ3v) is 5.39. The van der Waals surface area contributed by atoms with Crippen molar-refractivity contribution in [1.29, 1.82) is 0 Å². The van der Waals surface area contributed by atoms with Gasteiger partial charge >= 0.3 is 11.9 Å². The molecule has 0 saturated heterocycles. The number of aliphatic imine (C=N–C) groups is 1. The number of carbonyl (C=O) groups excluding carboxylic acids is 2. The van der Waals surface area contributed by atoms with Crippen LogP contribution >= 0.6 is 0 Å². The van der Waals surface area contributed by atoms with Gasteiger partial charge in [0.2, 0.25) is 5.72 Å². The molecule has 0 spiro atoms. The minimum atomic E-state index is -1.21. The van der Waals surface area contributed by atoms with Crippen molar-refractivity contribution in [2.24, 2.45) is 4.99 Å². The lowest BCUT2D eigenvalue weighted by molar-refractivity contribution is -0.176. The Morgan fingerprint density at radius 1 is 1.06 bits per heavy atom. The molecule has 1 aromatic rings. The van der Waals surface area contributed by atoms with Gasteiger partial charge in [0.25, 0.3) is 0 Å². The van der Waals surface area contributed by atoms with E-state index in [0.717, 1.165) is 23.8 Å². The van der Waals surface area contributed by atoms with Gasteiger partial charge in [0.1, 0.15) is 5.75 Å². The maximum atomic E-state index is 11.8. The van der Waals surface area contributed by atoms with E-state index < -0.39 is 17.7 Å². The predicted molar refractivity (Wildman–Crippen MR) is 118 cm³/mol.